The van der Waals surface area contributed by atoms with E-state index in [9.17, 15) is 10.1 Å². The molecule has 0 bridgehead atoms. The molecule has 3 atom stereocenters. The van der Waals surface area contributed by atoms with Gasteiger partial charge < -0.3 is 5.32 Å². The first-order valence-corrected chi connectivity index (χ1v) is 9.79. The largest absolute Gasteiger partial charge is 0.378 e. The molecule has 3 aromatic rings. The minimum atomic E-state index is -0.309. The molecule has 3 aromatic carbocycles. The molecule has 0 spiro atoms. The van der Waals surface area contributed by atoms with Crippen LogP contribution in [0.5, 0.6) is 0 Å². The standard InChI is InChI=1S/C22H17BrN2O2/c23-15-7-5-13(6-8-15)22-19-11-14-3-1-2-4-17(14)21(19)18-12-16(25(26)27)9-10-20(18)24-22/h1-10,12,19,21-22,24H,11H2/t19-,21+,22-/m1/s1. The van der Waals surface area contributed by atoms with E-state index in [0.29, 0.717) is 5.92 Å². The van der Waals surface area contributed by atoms with E-state index in [1.54, 1.807) is 12.1 Å². The average Bonchev–Trinajstić information content (AvgIpc) is 3.07. The third kappa shape index (κ3) is 2.65. The van der Waals surface area contributed by atoms with Gasteiger partial charge in [-0.25, -0.2) is 0 Å². The van der Waals surface area contributed by atoms with Gasteiger partial charge in [-0.2, -0.15) is 0 Å². The molecular formula is C22H17BrN2O2. The second-order valence-electron chi connectivity index (χ2n) is 7.25. The number of nitrogens with zero attached hydrogens (tertiary/aromatic N) is 1. The smallest absolute Gasteiger partial charge is 0.269 e. The van der Waals surface area contributed by atoms with Gasteiger partial charge in [-0.05, 0) is 52.8 Å². The molecule has 5 heteroatoms. The van der Waals surface area contributed by atoms with Crippen LogP contribution in [0.15, 0.2) is 71.2 Å². The molecule has 0 saturated carbocycles. The fourth-order valence-corrected chi connectivity index (χ4v) is 4.93. The Hall–Kier alpha value is -2.66. The number of nitrogens with one attached hydrogen (secondary N) is 1. The SMILES string of the molecule is O=[N+]([O-])c1ccc2c(c1)[C@@H]1c3ccccc3C[C@H]1[C@@H](c1ccc(Br)cc1)N2. The zero-order valence-electron chi connectivity index (χ0n) is 14.4. The van der Waals surface area contributed by atoms with Crippen molar-refractivity contribution in [3.8, 4) is 0 Å². The van der Waals surface area contributed by atoms with Gasteiger partial charge in [-0.1, -0.05) is 52.3 Å². The monoisotopic (exact) mass is 420 g/mol. The quantitative estimate of drug-likeness (QED) is 0.419. The molecule has 4 nitrogen and oxygen atoms in total. The Labute approximate surface area is 165 Å². The van der Waals surface area contributed by atoms with Crippen LogP contribution < -0.4 is 5.32 Å². The highest BCUT2D eigenvalue weighted by atomic mass is 79.9. The van der Waals surface area contributed by atoms with Gasteiger partial charge in [0, 0.05) is 28.2 Å². The van der Waals surface area contributed by atoms with Crippen LogP contribution in [0.4, 0.5) is 11.4 Å². The first kappa shape index (κ1) is 16.5. The predicted molar refractivity (Wildman–Crippen MR) is 109 cm³/mol. The van der Waals surface area contributed by atoms with E-state index in [-0.39, 0.29) is 22.6 Å². The van der Waals surface area contributed by atoms with Crippen molar-refractivity contribution in [2.24, 2.45) is 5.92 Å². The van der Waals surface area contributed by atoms with Crippen molar-refractivity contribution in [2.45, 2.75) is 18.4 Å². The maximum Gasteiger partial charge on any atom is 0.269 e. The molecule has 0 amide bonds. The molecule has 27 heavy (non-hydrogen) atoms. The predicted octanol–water partition coefficient (Wildman–Crippen LogP) is 5.83. The van der Waals surface area contributed by atoms with E-state index < -0.39 is 0 Å². The number of benzene rings is 3. The van der Waals surface area contributed by atoms with Crippen molar-refractivity contribution in [1.29, 1.82) is 0 Å². The summed E-state index contributed by atoms with van der Waals surface area (Å²) in [4.78, 5) is 11.0. The fraction of sp³-hybridized carbons (Fsp3) is 0.182. The Morgan fingerprint density at radius 1 is 1.00 bits per heavy atom. The number of halogens is 1. The molecule has 0 aromatic heterocycles. The van der Waals surface area contributed by atoms with E-state index in [2.05, 4.69) is 69.8 Å². The fourth-order valence-electron chi connectivity index (χ4n) is 4.66. The molecule has 0 fully saturated rings. The van der Waals surface area contributed by atoms with E-state index in [0.717, 1.165) is 22.1 Å². The first-order valence-electron chi connectivity index (χ1n) is 9.00. The number of anilines is 1. The lowest BCUT2D eigenvalue weighted by atomic mass is 9.75. The molecular weight excluding hydrogens is 404 g/mol. The molecule has 5 rings (SSSR count). The van der Waals surface area contributed by atoms with Crippen LogP contribution in [-0.2, 0) is 6.42 Å². The van der Waals surface area contributed by atoms with Crippen LogP contribution in [0.1, 0.15) is 34.2 Å². The summed E-state index contributed by atoms with van der Waals surface area (Å²) in [5.41, 5.74) is 6.06. The van der Waals surface area contributed by atoms with Gasteiger partial charge in [0.1, 0.15) is 0 Å². The Bertz CT molecular complexity index is 1050. The highest BCUT2D eigenvalue weighted by Crippen LogP contribution is 2.54. The molecule has 0 saturated heterocycles. The molecule has 2 aliphatic rings. The number of nitro groups is 1. The zero-order valence-corrected chi connectivity index (χ0v) is 16.0. The van der Waals surface area contributed by atoms with E-state index in [1.165, 1.54) is 16.7 Å². The molecule has 1 N–H and O–H groups in total. The van der Waals surface area contributed by atoms with Gasteiger partial charge in [-0.3, -0.25) is 10.1 Å². The van der Waals surface area contributed by atoms with Crippen molar-refractivity contribution in [1.82, 2.24) is 0 Å². The van der Waals surface area contributed by atoms with Gasteiger partial charge >= 0.3 is 0 Å². The van der Waals surface area contributed by atoms with Crippen LogP contribution in [0.25, 0.3) is 0 Å². The topological polar surface area (TPSA) is 55.2 Å². The summed E-state index contributed by atoms with van der Waals surface area (Å²) in [7, 11) is 0. The highest BCUT2D eigenvalue weighted by Gasteiger charge is 2.43. The maximum atomic E-state index is 11.3. The van der Waals surface area contributed by atoms with Gasteiger partial charge in [0.05, 0.1) is 11.0 Å². The Kier molecular flexibility index (Phi) is 3.79. The summed E-state index contributed by atoms with van der Waals surface area (Å²) < 4.78 is 1.06. The summed E-state index contributed by atoms with van der Waals surface area (Å²) in [5, 5.41) is 15.0. The third-order valence-electron chi connectivity index (χ3n) is 5.82. The summed E-state index contributed by atoms with van der Waals surface area (Å²) in [6.45, 7) is 0. The van der Waals surface area contributed by atoms with Crippen molar-refractivity contribution in [3.05, 3.63) is 104 Å². The van der Waals surface area contributed by atoms with Crippen LogP contribution >= 0.6 is 15.9 Å². The lowest BCUT2D eigenvalue weighted by Crippen LogP contribution is -2.30. The van der Waals surface area contributed by atoms with E-state index >= 15 is 0 Å². The van der Waals surface area contributed by atoms with Crippen molar-refractivity contribution in [3.63, 3.8) is 0 Å². The van der Waals surface area contributed by atoms with Gasteiger partial charge in [0.15, 0.2) is 0 Å². The molecule has 134 valence electrons. The number of nitro benzene ring substituents is 1. The third-order valence-corrected chi connectivity index (χ3v) is 6.35. The van der Waals surface area contributed by atoms with Crippen LogP contribution in [0.2, 0.25) is 0 Å². The Balaban J connectivity index is 1.68. The minimum Gasteiger partial charge on any atom is -0.378 e. The first-order chi connectivity index (χ1) is 13.1. The van der Waals surface area contributed by atoms with Gasteiger partial charge in [-0.15, -0.1) is 0 Å². The van der Waals surface area contributed by atoms with Crippen molar-refractivity contribution in [2.75, 3.05) is 5.32 Å². The van der Waals surface area contributed by atoms with Gasteiger partial charge in [0.25, 0.3) is 5.69 Å². The number of non-ortho nitro benzene ring substituents is 1. The number of hydrogen-bond donors (Lipinski definition) is 1. The lowest BCUT2D eigenvalue weighted by molar-refractivity contribution is -0.384. The highest BCUT2D eigenvalue weighted by molar-refractivity contribution is 9.10. The van der Waals surface area contributed by atoms with Gasteiger partial charge in [0.2, 0.25) is 0 Å². The molecule has 0 radical (unpaired) electrons. The maximum absolute atomic E-state index is 11.3. The van der Waals surface area contributed by atoms with Crippen molar-refractivity contribution >= 4 is 27.3 Å². The van der Waals surface area contributed by atoms with E-state index in [4.69, 9.17) is 0 Å². The van der Waals surface area contributed by atoms with Crippen LogP contribution in [0, 0.1) is 16.0 Å². The Morgan fingerprint density at radius 3 is 2.56 bits per heavy atom. The number of fused-ring (bicyclic) bond motifs is 5. The molecule has 0 unspecified atom stereocenters. The summed E-state index contributed by atoms with van der Waals surface area (Å²) >= 11 is 3.51. The van der Waals surface area contributed by atoms with Crippen LogP contribution in [-0.4, -0.2) is 4.92 Å². The second-order valence-corrected chi connectivity index (χ2v) is 8.16. The second kappa shape index (κ2) is 6.20. The molecule has 1 heterocycles. The number of hydrogen-bond acceptors (Lipinski definition) is 3. The molecule has 1 aliphatic carbocycles. The number of rotatable bonds is 2. The normalized spacial score (nSPS) is 22.3. The van der Waals surface area contributed by atoms with Crippen LogP contribution in [0.3, 0.4) is 0 Å². The average molecular weight is 421 g/mol. The zero-order chi connectivity index (χ0) is 18.5. The summed E-state index contributed by atoms with van der Waals surface area (Å²) in [6, 6.07) is 22.3. The summed E-state index contributed by atoms with van der Waals surface area (Å²) in [5.74, 6) is 0.504. The van der Waals surface area contributed by atoms with Crippen molar-refractivity contribution < 1.29 is 4.92 Å². The van der Waals surface area contributed by atoms with E-state index in [1.807, 2.05) is 6.07 Å². The lowest BCUT2D eigenvalue weighted by Gasteiger charge is -2.37. The minimum absolute atomic E-state index is 0.153. The summed E-state index contributed by atoms with van der Waals surface area (Å²) in [6.07, 6.45) is 0.969. The Morgan fingerprint density at radius 2 is 1.78 bits per heavy atom. The molecule has 1 aliphatic heterocycles.